The molecule has 0 bridgehead atoms. The van der Waals surface area contributed by atoms with Crippen molar-refractivity contribution in [2.45, 2.75) is 13.0 Å². The van der Waals surface area contributed by atoms with Crippen LogP contribution in [0.1, 0.15) is 17.3 Å². The third-order valence-electron chi connectivity index (χ3n) is 2.76. The van der Waals surface area contributed by atoms with Crippen LogP contribution in [0.3, 0.4) is 0 Å². The van der Waals surface area contributed by atoms with Crippen LogP contribution in [-0.4, -0.2) is 44.4 Å². The Labute approximate surface area is 116 Å². The zero-order chi connectivity index (χ0) is 14.8. The molecule has 0 aromatic heterocycles. The van der Waals surface area contributed by atoms with Crippen LogP contribution in [0.2, 0.25) is 0 Å². The predicted molar refractivity (Wildman–Crippen MR) is 70.5 cm³/mol. The molecule has 6 nitrogen and oxygen atoms in total. The molecule has 108 valence electrons. The quantitative estimate of drug-likeness (QED) is 0.449. The Morgan fingerprint density at radius 2 is 1.80 bits per heavy atom. The van der Waals surface area contributed by atoms with E-state index in [2.05, 4.69) is 4.74 Å². The Morgan fingerprint density at radius 1 is 1.20 bits per heavy atom. The van der Waals surface area contributed by atoms with Gasteiger partial charge in [-0.15, -0.1) is 0 Å². The molecule has 1 aliphatic rings. The van der Waals surface area contributed by atoms with Gasteiger partial charge in [0.1, 0.15) is 11.9 Å². The standard InChI is InChI=1S/C13H14O6S/c1-2-18-13(15)12(14)9-3-5-10(6-4-9)19-11-7-20(16,17)8-11/h3-6,11H,2,7-8H2,1H3. The Balaban J connectivity index is 1.96. The lowest BCUT2D eigenvalue weighted by Crippen LogP contribution is -2.45. The van der Waals surface area contributed by atoms with Crippen LogP contribution in [0.15, 0.2) is 24.3 Å². The molecule has 1 saturated heterocycles. The van der Waals surface area contributed by atoms with E-state index in [-0.39, 0.29) is 29.8 Å². The monoisotopic (exact) mass is 298 g/mol. The van der Waals surface area contributed by atoms with Crippen LogP contribution < -0.4 is 4.74 Å². The van der Waals surface area contributed by atoms with Gasteiger partial charge in [-0.05, 0) is 31.2 Å². The van der Waals surface area contributed by atoms with Crippen molar-refractivity contribution < 1.29 is 27.5 Å². The van der Waals surface area contributed by atoms with Gasteiger partial charge in [-0.3, -0.25) is 4.79 Å². The fourth-order valence-corrected chi connectivity index (χ4v) is 2.95. The van der Waals surface area contributed by atoms with E-state index in [1.807, 2.05) is 0 Å². The van der Waals surface area contributed by atoms with E-state index in [1.165, 1.54) is 24.3 Å². The van der Waals surface area contributed by atoms with Crippen molar-refractivity contribution in [3.63, 3.8) is 0 Å². The summed E-state index contributed by atoms with van der Waals surface area (Å²) in [6.45, 7) is 1.76. The molecular weight excluding hydrogens is 284 g/mol. The maximum Gasteiger partial charge on any atom is 0.379 e. The minimum absolute atomic E-state index is 0.0104. The minimum atomic E-state index is -2.93. The number of hydrogen-bond acceptors (Lipinski definition) is 6. The van der Waals surface area contributed by atoms with Crippen molar-refractivity contribution in [2.75, 3.05) is 18.1 Å². The zero-order valence-electron chi connectivity index (χ0n) is 10.9. The van der Waals surface area contributed by atoms with E-state index >= 15 is 0 Å². The van der Waals surface area contributed by atoms with Crippen LogP contribution in [0.25, 0.3) is 0 Å². The largest absolute Gasteiger partial charge is 0.488 e. The second kappa shape index (κ2) is 5.62. The first kappa shape index (κ1) is 14.5. The summed E-state index contributed by atoms with van der Waals surface area (Å²) in [5.74, 6) is -1.13. The number of esters is 1. The smallest absolute Gasteiger partial charge is 0.379 e. The van der Waals surface area contributed by atoms with E-state index in [9.17, 15) is 18.0 Å². The zero-order valence-corrected chi connectivity index (χ0v) is 11.7. The third-order valence-corrected chi connectivity index (χ3v) is 4.52. The van der Waals surface area contributed by atoms with Crippen LogP contribution in [-0.2, 0) is 19.4 Å². The maximum absolute atomic E-state index is 11.6. The van der Waals surface area contributed by atoms with Crippen LogP contribution in [0, 0.1) is 0 Å². The molecule has 0 unspecified atom stereocenters. The fourth-order valence-electron chi connectivity index (χ4n) is 1.78. The Bertz CT molecular complexity index is 605. The number of hydrogen-bond donors (Lipinski definition) is 0. The van der Waals surface area contributed by atoms with Crippen molar-refractivity contribution in [1.29, 1.82) is 0 Å². The van der Waals surface area contributed by atoms with Gasteiger partial charge in [-0.1, -0.05) is 0 Å². The summed E-state index contributed by atoms with van der Waals surface area (Å²) < 4.78 is 32.0. The number of ether oxygens (including phenoxy) is 2. The first-order valence-corrected chi connectivity index (χ1v) is 7.92. The molecule has 0 saturated carbocycles. The van der Waals surface area contributed by atoms with E-state index in [0.717, 1.165) is 0 Å². The molecule has 0 aliphatic carbocycles. The highest BCUT2D eigenvalue weighted by molar-refractivity contribution is 7.92. The molecule has 1 fully saturated rings. The van der Waals surface area contributed by atoms with Gasteiger partial charge in [0.05, 0.1) is 18.1 Å². The van der Waals surface area contributed by atoms with Gasteiger partial charge in [0.2, 0.25) is 0 Å². The molecule has 0 N–H and O–H groups in total. The van der Waals surface area contributed by atoms with E-state index in [0.29, 0.717) is 5.75 Å². The average Bonchev–Trinajstić information content (AvgIpc) is 2.37. The van der Waals surface area contributed by atoms with Crippen molar-refractivity contribution in [3.05, 3.63) is 29.8 Å². The Morgan fingerprint density at radius 3 is 2.30 bits per heavy atom. The van der Waals surface area contributed by atoms with Crippen molar-refractivity contribution in [3.8, 4) is 5.75 Å². The average molecular weight is 298 g/mol. The fraction of sp³-hybridized carbons (Fsp3) is 0.385. The molecule has 20 heavy (non-hydrogen) atoms. The normalized spacial score (nSPS) is 17.1. The minimum Gasteiger partial charge on any atom is -0.488 e. The number of carbonyl (C=O) groups is 2. The molecular formula is C13H14O6S. The number of Topliss-reactive ketones (excluding diaryl/α,β-unsaturated/α-hetero) is 1. The highest BCUT2D eigenvalue weighted by Gasteiger charge is 2.35. The van der Waals surface area contributed by atoms with Crippen LogP contribution in [0.5, 0.6) is 5.75 Å². The highest BCUT2D eigenvalue weighted by Crippen LogP contribution is 2.20. The molecule has 0 amide bonds. The lowest BCUT2D eigenvalue weighted by molar-refractivity contribution is -0.137. The van der Waals surface area contributed by atoms with E-state index < -0.39 is 21.6 Å². The Hall–Kier alpha value is -1.89. The Kier molecular flexibility index (Phi) is 4.08. The first-order chi connectivity index (χ1) is 9.41. The number of carbonyl (C=O) groups excluding carboxylic acids is 2. The van der Waals surface area contributed by atoms with Gasteiger partial charge in [-0.2, -0.15) is 0 Å². The third kappa shape index (κ3) is 3.36. The predicted octanol–water partition coefficient (Wildman–Crippen LogP) is 0.608. The van der Waals surface area contributed by atoms with E-state index in [1.54, 1.807) is 6.92 Å². The van der Waals surface area contributed by atoms with Gasteiger partial charge < -0.3 is 9.47 Å². The molecule has 1 heterocycles. The molecule has 1 aliphatic heterocycles. The second-order valence-electron chi connectivity index (χ2n) is 4.39. The highest BCUT2D eigenvalue weighted by atomic mass is 32.2. The van der Waals surface area contributed by atoms with Gasteiger partial charge in [0.25, 0.3) is 5.78 Å². The molecule has 0 radical (unpaired) electrons. The second-order valence-corrected chi connectivity index (χ2v) is 6.54. The summed E-state index contributed by atoms with van der Waals surface area (Å²) >= 11 is 0. The SMILES string of the molecule is CCOC(=O)C(=O)c1ccc(OC2CS(=O)(=O)C2)cc1. The molecule has 0 spiro atoms. The van der Waals surface area contributed by atoms with Crippen molar-refractivity contribution in [1.82, 2.24) is 0 Å². The lowest BCUT2D eigenvalue weighted by atomic mass is 10.1. The van der Waals surface area contributed by atoms with Crippen molar-refractivity contribution in [2.24, 2.45) is 0 Å². The lowest BCUT2D eigenvalue weighted by Gasteiger charge is -2.26. The van der Waals surface area contributed by atoms with E-state index in [4.69, 9.17) is 4.74 Å². The number of benzene rings is 1. The van der Waals surface area contributed by atoms with Crippen LogP contribution in [0.4, 0.5) is 0 Å². The van der Waals surface area contributed by atoms with Crippen molar-refractivity contribution >= 4 is 21.6 Å². The molecule has 2 rings (SSSR count). The first-order valence-electron chi connectivity index (χ1n) is 6.10. The molecule has 0 atom stereocenters. The number of rotatable bonds is 5. The molecule has 1 aromatic rings. The van der Waals surface area contributed by atoms with Gasteiger partial charge in [0.15, 0.2) is 9.84 Å². The number of sulfone groups is 1. The summed E-state index contributed by atoms with van der Waals surface area (Å²) in [7, 11) is -2.93. The van der Waals surface area contributed by atoms with Gasteiger partial charge in [0, 0.05) is 5.56 Å². The maximum atomic E-state index is 11.6. The molecule has 1 aromatic carbocycles. The summed E-state index contributed by atoms with van der Waals surface area (Å²) in [5.41, 5.74) is 0.206. The molecule has 7 heteroatoms. The summed E-state index contributed by atoms with van der Waals surface area (Å²) in [6.07, 6.45) is -0.341. The summed E-state index contributed by atoms with van der Waals surface area (Å²) in [4.78, 5) is 22.9. The van der Waals surface area contributed by atoms with Crippen LogP contribution >= 0.6 is 0 Å². The van der Waals surface area contributed by atoms with Gasteiger partial charge in [-0.25, -0.2) is 13.2 Å². The summed E-state index contributed by atoms with van der Waals surface area (Å²) in [5, 5.41) is 0. The topological polar surface area (TPSA) is 86.7 Å². The number of ketones is 1. The summed E-state index contributed by atoms with van der Waals surface area (Å²) in [6, 6.07) is 5.94. The van der Waals surface area contributed by atoms with Gasteiger partial charge >= 0.3 is 5.97 Å².